The summed E-state index contributed by atoms with van der Waals surface area (Å²) in [7, 11) is 0. The molecule has 0 aromatic heterocycles. The lowest BCUT2D eigenvalue weighted by molar-refractivity contribution is -0.132. The van der Waals surface area contributed by atoms with E-state index in [-0.39, 0.29) is 12.0 Å². The van der Waals surface area contributed by atoms with Crippen molar-refractivity contribution in [3.8, 4) is 0 Å². The Morgan fingerprint density at radius 2 is 2.33 bits per heavy atom. The molecule has 12 heavy (non-hydrogen) atoms. The molecule has 0 radical (unpaired) electrons. The fourth-order valence-electron chi connectivity index (χ4n) is 1.36. The maximum absolute atomic E-state index is 10.6. The molecule has 0 aromatic carbocycles. The summed E-state index contributed by atoms with van der Waals surface area (Å²) in [4.78, 5) is 10.6. The van der Waals surface area contributed by atoms with Gasteiger partial charge in [-0.25, -0.2) is 4.79 Å². The molecule has 2 rings (SSSR count). The Bertz CT molecular complexity index is 299. The monoisotopic (exact) mass is 164 g/mol. The van der Waals surface area contributed by atoms with Crippen LogP contribution < -0.4 is 0 Å². The predicted molar refractivity (Wildman–Crippen MR) is 42.4 cm³/mol. The molecule has 3 heteroatoms. The van der Waals surface area contributed by atoms with Crippen LogP contribution in [0, 0.1) is 5.92 Å². The molecule has 2 atom stereocenters. The molecule has 0 saturated heterocycles. The highest BCUT2D eigenvalue weighted by Gasteiger charge is 2.24. The average molecular weight is 164 g/mol. The Morgan fingerprint density at radius 1 is 1.50 bits per heavy atom. The SMILES string of the molecule is O=C(O)C1=CC2C=COC2C=C1. The first-order valence-corrected chi connectivity index (χ1v) is 3.73. The molecule has 2 unspecified atom stereocenters. The Hall–Kier alpha value is -1.51. The van der Waals surface area contributed by atoms with E-state index in [2.05, 4.69) is 0 Å². The Morgan fingerprint density at radius 3 is 3.08 bits per heavy atom. The molecular weight excluding hydrogens is 156 g/mol. The van der Waals surface area contributed by atoms with E-state index in [1.807, 2.05) is 6.08 Å². The van der Waals surface area contributed by atoms with Crippen LogP contribution in [0.1, 0.15) is 0 Å². The molecule has 62 valence electrons. The first kappa shape index (κ1) is 7.16. The van der Waals surface area contributed by atoms with Crippen molar-refractivity contribution >= 4 is 5.97 Å². The fraction of sp³-hybridized carbons (Fsp3) is 0.222. The lowest BCUT2D eigenvalue weighted by Gasteiger charge is -2.15. The Balaban J connectivity index is 2.25. The van der Waals surface area contributed by atoms with E-state index in [0.29, 0.717) is 5.57 Å². The van der Waals surface area contributed by atoms with Gasteiger partial charge in [-0.05, 0) is 18.2 Å². The standard InChI is InChI=1S/C9H8O3/c10-9(11)7-1-2-8-6(5-7)3-4-12-8/h1-6,8H,(H,10,11). The summed E-state index contributed by atoms with van der Waals surface area (Å²) >= 11 is 0. The zero-order chi connectivity index (χ0) is 8.55. The van der Waals surface area contributed by atoms with Gasteiger partial charge in [-0.3, -0.25) is 0 Å². The van der Waals surface area contributed by atoms with Gasteiger partial charge in [0.1, 0.15) is 6.10 Å². The first-order chi connectivity index (χ1) is 5.77. The number of hydrogen-bond donors (Lipinski definition) is 1. The van der Waals surface area contributed by atoms with Crippen LogP contribution in [0.3, 0.4) is 0 Å². The van der Waals surface area contributed by atoms with E-state index in [1.54, 1.807) is 24.5 Å². The Labute approximate surface area is 69.6 Å². The summed E-state index contributed by atoms with van der Waals surface area (Å²) in [6.45, 7) is 0. The van der Waals surface area contributed by atoms with Gasteiger partial charge in [0, 0.05) is 5.92 Å². The lowest BCUT2D eigenvalue weighted by atomic mass is 9.95. The van der Waals surface area contributed by atoms with Gasteiger partial charge in [0.2, 0.25) is 0 Å². The second-order valence-corrected chi connectivity index (χ2v) is 2.79. The lowest BCUT2D eigenvalue weighted by Crippen LogP contribution is -2.17. The van der Waals surface area contributed by atoms with Crippen LogP contribution in [0.2, 0.25) is 0 Å². The highest BCUT2D eigenvalue weighted by Crippen LogP contribution is 2.25. The van der Waals surface area contributed by atoms with Crippen LogP contribution in [0.5, 0.6) is 0 Å². The number of rotatable bonds is 1. The topological polar surface area (TPSA) is 46.5 Å². The van der Waals surface area contributed by atoms with Gasteiger partial charge in [-0.2, -0.15) is 0 Å². The molecule has 0 saturated carbocycles. The first-order valence-electron chi connectivity index (χ1n) is 3.73. The quantitative estimate of drug-likeness (QED) is 0.631. The molecule has 0 fully saturated rings. The number of carboxylic acids is 1. The number of carbonyl (C=O) groups is 1. The fourth-order valence-corrected chi connectivity index (χ4v) is 1.36. The van der Waals surface area contributed by atoms with Crippen LogP contribution in [-0.2, 0) is 9.53 Å². The minimum Gasteiger partial charge on any atom is -0.493 e. The van der Waals surface area contributed by atoms with Crippen molar-refractivity contribution in [2.75, 3.05) is 0 Å². The van der Waals surface area contributed by atoms with Gasteiger partial charge >= 0.3 is 5.97 Å². The molecule has 1 N–H and O–H groups in total. The summed E-state index contributed by atoms with van der Waals surface area (Å²) in [5.41, 5.74) is 0.339. The highest BCUT2D eigenvalue weighted by molar-refractivity contribution is 5.90. The predicted octanol–water partition coefficient (Wildman–Crippen LogP) is 1.10. The molecule has 1 aliphatic carbocycles. The van der Waals surface area contributed by atoms with Gasteiger partial charge in [-0.15, -0.1) is 0 Å². The van der Waals surface area contributed by atoms with Crippen molar-refractivity contribution < 1.29 is 14.6 Å². The smallest absolute Gasteiger partial charge is 0.335 e. The van der Waals surface area contributed by atoms with Crippen molar-refractivity contribution in [1.82, 2.24) is 0 Å². The maximum Gasteiger partial charge on any atom is 0.335 e. The summed E-state index contributed by atoms with van der Waals surface area (Å²) in [6.07, 6.45) is 8.53. The molecule has 1 aliphatic heterocycles. The minimum atomic E-state index is -0.884. The zero-order valence-corrected chi connectivity index (χ0v) is 6.31. The number of hydrogen-bond acceptors (Lipinski definition) is 2. The van der Waals surface area contributed by atoms with Crippen LogP contribution in [0.25, 0.3) is 0 Å². The molecule has 0 aromatic rings. The summed E-state index contributed by atoms with van der Waals surface area (Å²) in [5, 5.41) is 8.67. The van der Waals surface area contributed by atoms with E-state index < -0.39 is 5.97 Å². The van der Waals surface area contributed by atoms with E-state index in [4.69, 9.17) is 9.84 Å². The number of ether oxygens (including phenoxy) is 1. The Kier molecular flexibility index (Phi) is 1.50. The third kappa shape index (κ3) is 1.03. The van der Waals surface area contributed by atoms with Crippen molar-refractivity contribution in [2.45, 2.75) is 6.10 Å². The number of carboxylic acid groups (broad SMARTS) is 1. The minimum absolute atomic E-state index is 0.00750. The molecule has 0 spiro atoms. The van der Waals surface area contributed by atoms with E-state index in [1.165, 1.54) is 0 Å². The number of aliphatic carboxylic acids is 1. The second-order valence-electron chi connectivity index (χ2n) is 2.79. The third-order valence-electron chi connectivity index (χ3n) is 2.00. The number of fused-ring (bicyclic) bond motifs is 1. The summed E-state index contributed by atoms with van der Waals surface area (Å²) < 4.78 is 5.18. The van der Waals surface area contributed by atoms with Gasteiger partial charge in [0.25, 0.3) is 0 Å². The average Bonchev–Trinajstić information content (AvgIpc) is 2.49. The van der Waals surface area contributed by atoms with Crippen LogP contribution in [-0.4, -0.2) is 17.2 Å². The largest absolute Gasteiger partial charge is 0.493 e. The van der Waals surface area contributed by atoms with Crippen molar-refractivity contribution in [2.24, 2.45) is 5.92 Å². The molecule has 0 amide bonds. The van der Waals surface area contributed by atoms with Crippen molar-refractivity contribution in [1.29, 1.82) is 0 Å². The zero-order valence-electron chi connectivity index (χ0n) is 6.31. The van der Waals surface area contributed by atoms with E-state index >= 15 is 0 Å². The van der Waals surface area contributed by atoms with E-state index in [0.717, 1.165) is 0 Å². The maximum atomic E-state index is 10.6. The molecular formula is C9H8O3. The van der Waals surface area contributed by atoms with Gasteiger partial charge in [0.05, 0.1) is 11.8 Å². The second kappa shape index (κ2) is 2.52. The van der Waals surface area contributed by atoms with Gasteiger partial charge in [0.15, 0.2) is 0 Å². The highest BCUT2D eigenvalue weighted by atomic mass is 16.5. The summed E-state index contributed by atoms with van der Waals surface area (Å²) in [5.74, 6) is -0.786. The van der Waals surface area contributed by atoms with Crippen LogP contribution >= 0.6 is 0 Å². The van der Waals surface area contributed by atoms with Crippen molar-refractivity contribution in [3.05, 3.63) is 36.1 Å². The normalized spacial score (nSPS) is 30.8. The van der Waals surface area contributed by atoms with Crippen LogP contribution in [0.4, 0.5) is 0 Å². The molecule has 1 heterocycles. The molecule has 0 bridgehead atoms. The van der Waals surface area contributed by atoms with Gasteiger partial charge in [-0.1, -0.05) is 6.08 Å². The van der Waals surface area contributed by atoms with Crippen molar-refractivity contribution in [3.63, 3.8) is 0 Å². The van der Waals surface area contributed by atoms with Crippen LogP contribution in [0.15, 0.2) is 36.1 Å². The molecule has 3 nitrogen and oxygen atoms in total. The van der Waals surface area contributed by atoms with E-state index in [9.17, 15) is 4.79 Å². The van der Waals surface area contributed by atoms with Gasteiger partial charge < -0.3 is 9.84 Å². The third-order valence-corrected chi connectivity index (χ3v) is 2.00. The molecule has 2 aliphatic rings. The summed E-state index contributed by atoms with van der Waals surface area (Å²) in [6, 6.07) is 0.